The Bertz CT molecular complexity index is 1630. The highest BCUT2D eigenvalue weighted by Crippen LogP contribution is 2.25. The number of hydrogen-bond acceptors (Lipinski definition) is 8. The number of benzene rings is 1. The maximum absolute atomic E-state index is 14.5. The number of halogens is 7. The first kappa shape index (κ1) is 32.9. The number of amides is 1. The fraction of sp³-hybridized carbons (Fsp3) is 0.208. The third-order valence-electron chi connectivity index (χ3n) is 5.30. The van der Waals surface area contributed by atoms with E-state index in [-0.39, 0.29) is 16.4 Å². The van der Waals surface area contributed by atoms with E-state index >= 15 is 0 Å². The zero-order chi connectivity index (χ0) is 31.8. The van der Waals surface area contributed by atoms with E-state index in [9.17, 15) is 36.7 Å². The summed E-state index contributed by atoms with van der Waals surface area (Å²) in [6, 6.07) is 8.59. The van der Waals surface area contributed by atoms with E-state index in [2.05, 4.69) is 25.7 Å². The van der Waals surface area contributed by atoms with Crippen molar-refractivity contribution in [1.82, 2.24) is 29.6 Å². The van der Waals surface area contributed by atoms with Crippen LogP contribution in [0.4, 0.5) is 27.8 Å². The molecular formula is C24H19Cl2F5N8O4. The molecule has 0 saturated heterocycles. The molecule has 3 heterocycles. The normalized spacial score (nSPS) is 11.3. The van der Waals surface area contributed by atoms with Crippen LogP contribution in [-0.4, -0.2) is 49.2 Å². The Balaban J connectivity index is 0.000000765. The van der Waals surface area contributed by atoms with Gasteiger partial charge in [-0.25, -0.2) is 14.6 Å². The van der Waals surface area contributed by atoms with Crippen molar-refractivity contribution < 1.29 is 36.3 Å². The van der Waals surface area contributed by atoms with Gasteiger partial charge < -0.3 is 15.8 Å². The second-order valence-corrected chi connectivity index (χ2v) is 9.16. The van der Waals surface area contributed by atoms with Gasteiger partial charge in [-0.05, 0) is 29.8 Å². The van der Waals surface area contributed by atoms with E-state index in [0.717, 1.165) is 23.0 Å². The maximum Gasteiger partial charge on any atom is 0.446 e. The molecule has 43 heavy (non-hydrogen) atoms. The van der Waals surface area contributed by atoms with Gasteiger partial charge in [-0.2, -0.15) is 31.8 Å². The number of rotatable bonds is 9. The molecule has 12 nitrogen and oxygen atoms in total. The Morgan fingerprint density at radius 2 is 1.86 bits per heavy atom. The minimum atomic E-state index is -4.64. The first-order valence-corrected chi connectivity index (χ1v) is 12.5. The summed E-state index contributed by atoms with van der Waals surface area (Å²) in [5.74, 6) is -4.67. The third kappa shape index (κ3) is 9.17. The molecule has 0 bridgehead atoms. The molecule has 4 rings (SSSR count). The van der Waals surface area contributed by atoms with Crippen molar-refractivity contribution >= 4 is 41.2 Å². The highest BCUT2D eigenvalue weighted by Gasteiger charge is 2.39. The fourth-order valence-electron chi connectivity index (χ4n) is 3.38. The molecule has 0 unspecified atom stereocenters. The number of aldehydes is 1. The summed E-state index contributed by atoms with van der Waals surface area (Å²) in [5.41, 5.74) is -0.442. The smallest absolute Gasteiger partial charge is 0.446 e. The summed E-state index contributed by atoms with van der Waals surface area (Å²) < 4.78 is 62.7. The van der Waals surface area contributed by atoms with E-state index in [1.807, 2.05) is 0 Å². The quantitative estimate of drug-likeness (QED) is 0.122. The zero-order valence-corrected chi connectivity index (χ0v) is 22.9. The number of aromatic nitrogens is 6. The van der Waals surface area contributed by atoms with Crippen LogP contribution < -0.4 is 20.9 Å². The minimum Gasteiger partial charge on any atom is -0.618 e. The van der Waals surface area contributed by atoms with Crippen molar-refractivity contribution in [3.05, 3.63) is 98.4 Å². The van der Waals surface area contributed by atoms with Crippen LogP contribution in [0.2, 0.25) is 10.2 Å². The molecule has 0 aliphatic carbocycles. The summed E-state index contributed by atoms with van der Waals surface area (Å²) in [5, 5.41) is 20.9. The van der Waals surface area contributed by atoms with Gasteiger partial charge in [0.1, 0.15) is 24.4 Å². The molecule has 2 N–H and O–H groups in total. The van der Waals surface area contributed by atoms with Gasteiger partial charge in [0.2, 0.25) is 12.2 Å². The molecular weight excluding hydrogens is 630 g/mol. The van der Waals surface area contributed by atoms with Crippen LogP contribution in [0.15, 0.2) is 66.2 Å². The molecule has 1 amide bonds. The second kappa shape index (κ2) is 14.0. The highest BCUT2D eigenvalue weighted by atomic mass is 35.5. The summed E-state index contributed by atoms with van der Waals surface area (Å²) >= 11 is 12.1. The predicted octanol–water partition coefficient (Wildman–Crippen LogP) is 3.03. The first-order valence-electron chi connectivity index (χ1n) is 11.7. The Hall–Kier alpha value is -4.64. The van der Waals surface area contributed by atoms with Crippen molar-refractivity contribution in [3.8, 4) is 5.69 Å². The molecule has 0 fully saturated rings. The minimum absolute atomic E-state index is 0.0355. The Morgan fingerprint density at radius 1 is 1.14 bits per heavy atom. The number of pyridine rings is 1. The van der Waals surface area contributed by atoms with Crippen LogP contribution in [0.25, 0.3) is 5.69 Å². The lowest BCUT2D eigenvalue weighted by Gasteiger charge is -2.17. The Morgan fingerprint density at radius 3 is 2.49 bits per heavy atom. The Labute approximate surface area is 248 Å². The maximum atomic E-state index is 14.5. The molecule has 0 aliphatic rings. The van der Waals surface area contributed by atoms with Crippen molar-refractivity contribution in [3.63, 3.8) is 0 Å². The molecule has 19 heteroatoms. The van der Waals surface area contributed by atoms with E-state index < -0.39 is 54.5 Å². The van der Waals surface area contributed by atoms with Crippen molar-refractivity contribution in [2.24, 2.45) is 0 Å². The number of carbonyl (C=O) groups is 2. The predicted molar refractivity (Wildman–Crippen MR) is 142 cm³/mol. The standard InChI is InChI=1S/C22H18Cl2F2N8O3.C2HF3O/c23-15-4-5-16(33-13-27-12-31-33)14(7-15)8-28-19(35)10-32-18(24)9-29-20(21(32)36)30-11-22(25,26)17-3-1-2-6-34(17)37;3-2(4,5)1-6/h1-7,9,12-13H,8,10-11H2,(H,28,35)(H,29,30);1H. The number of hydrogen-bond donors (Lipinski definition) is 2. The number of carbonyl (C=O) groups excluding carboxylic acids is 2. The van der Waals surface area contributed by atoms with Crippen LogP contribution >= 0.6 is 23.2 Å². The lowest BCUT2D eigenvalue weighted by Crippen LogP contribution is -2.41. The zero-order valence-electron chi connectivity index (χ0n) is 21.4. The van der Waals surface area contributed by atoms with Gasteiger partial charge >= 0.3 is 12.1 Å². The lowest BCUT2D eigenvalue weighted by molar-refractivity contribution is -0.624. The monoisotopic (exact) mass is 648 g/mol. The van der Waals surface area contributed by atoms with Crippen LogP contribution in [-0.2, 0) is 28.6 Å². The lowest BCUT2D eigenvalue weighted by atomic mass is 10.1. The molecule has 0 saturated carbocycles. The molecule has 1 aromatic carbocycles. The average Bonchev–Trinajstić information content (AvgIpc) is 3.49. The molecule has 3 aromatic heterocycles. The summed E-state index contributed by atoms with van der Waals surface area (Å²) in [4.78, 5) is 41.8. The Kier molecular flexibility index (Phi) is 10.7. The number of anilines is 1. The van der Waals surface area contributed by atoms with E-state index in [1.165, 1.54) is 29.5 Å². The SMILES string of the molecule is O=C(Cn1c(Cl)cnc(NCC(F)(F)c2cccc[n+]2[O-])c1=O)NCc1cc(Cl)ccc1-n1cncn1.O=CC(F)(F)F. The summed E-state index contributed by atoms with van der Waals surface area (Å²) in [6.07, 6.45) is -0.876. The fourth-order valence-corrected chi connectivity index (χ4v) is 3.76. The van der Waals surface area contributed by atoms with Gasteiger partial charge in [0.15, 0.2) is 12.0 Å². The van der Waals surface area contributed by atoms with Crippen LogP contribution in [0.3, 0.4) is 0 Å². The largest absolute Gasteiger partial charge is 0.618 e. The van der Waals surface area contributed by atoms with Gasteiger partial charge in [0, 0.05) is 23.7 Å². The van der Waals surface area contributed by atoms with Gasteiger partial charge in [-0.3, -0.25) is 19.0 Å². The summed E-state index contributed by atoms with van der Waals surface area (Å²) in [6.45, 7) is -1.56. The number of nitrogens with zero attached hydrogens (tertiary/aromatic N) is 6. The molecule has 4 aromatic rings. The number of nitrogens with one attached hydrogen (secondary N) is 2. The molecule has 228 valence electrons. The highest BCUT2D eigenvalue weighted by molar-refractivity contribution is 6.30. The van der Waals surface area contributed by atoms with E-state index in [4.69, 9.17) is 28.0 Å². The van der Waals surface area contributed by atoms with Crippen molar-refractivity contribution in [2.45, 2.75) is 25.2 Å². The van der Waals surface area contributed by atoms with Crippen molar-refractivity contribution in [2.75, 3.05) is 11.9 Å². The van der Waals surface area contributed by atoms with E-state index in [0.29, 0.717) is 16.3 Å². The topological polar surface area (TPSA) is 151 Å². The van der Waals surface area contributed by atoms with Gasteiger partial charge in [-0.15, -0.1) is 0 Å². The van der Waals surface area contributed by atoms with E-state index in [1.54, 1.807) is 18.2 Å². The average molecular weight is 649 g/mol. The summed E-state index contributed by atoms with van der Waals surface area (Å²) in [7, 11) is 0. The number of alkyl halides is 5. The second-order valence-electron chi connectivity index (χ2n) is 8.34. The molecule has 0 spiro atoms. The molecule has 0 atom stereocenters. The molecule has 0 aliphatic heterocycles. The van der Waals surface area contributed by atoms with Crippen LogP contribution in [0, 0.1) is 5.21 Å². The van der Waals surface area contributed by atoms with Crippen LogP contribution in [0.1, 0.15) is 11.3 Å². The van der Waals surface area contributed by atoms with Gasteiger partial charge in [0.05, 0.1) is 18.4 Å². The molecule has 0 radical (unpaired) electrons. The van der Waals surface area contributed by atoms with Crippen molar-refractivity contribution in [1.29, 1.82) is 0 Å². The first-order chi connectivity index (χ1) is 20.2. The van der Waals surface area contributed by atoms with Crippen LogP contribution in [0.5, 0.6) is 0 Å². The van der Waals surface area contributed by atoms with Gasteiger partial charge in [0.25, 0.3) is 11.3 Å². The third-order valence-corrected chi connectivity index (χ3v) is 5.84. The van der Waals surface area contributed by atoms with Gasteiger partial charge in [-0.1, -0.05) is 23.2 Å².